The maximum atomic E-state index is 13.6. The fourth-order valence-electron chi connectivity index (χ4n) is 3.08. The van der Waals surface area contributed by atoms with Crippen LogP contribution in [-0.2, 0) is 20.4 Å². The van der Waals surface area contributed by atoms with Gasteiger partial charge in [-0.15, -0.1) is 0 Å². The van der Waals surface area contributed by atoms with E-state index in [2.05, 4.69) is 5.32 Å². The van der Waals surface area contributed by atoms with Crippen molar-refractivity contribution >= 4 is 21.6 Å². The zero-order valence-corrected chi connectivity index (χ0v) is 18.4. The molecule has 31 heavy (non-hydrogen) atoms. The molecular formula is C20H25F3N2O5S. The summed E-state index contributed by atoms with van der Waals surface area (Å²) in [6, 6.07) is 6.20. The van der Waals surface area contributed by atoms with Crippen LogP contribution in [-0.4, -0.2) is 43.0 Å². The topological polar surface area (TPSA) is 99.9 Å². The Balaban J connectivity index is 2.33. The molecule has 172 valence electrons. The SMILES string of the molecule is CCN(CC)S(=O)(=O)c1cc(NC(=O)C[C@@](O)(c2ccc(C)o2)C(F)(F)F)ccc1C. The Labute approximate surface area is 178 Å². The summed E-state index contributed by atoms with van der Waals surface area (Å²) in [4.78, 5) is 12.3. The first-order valence-electron chi connectivity index (χ1n) is 9.53. The molecule has 0 aliphatic rings. The Kier molecular flexibility index (Phi) is 7.24. The molecule has 0 fully saturated rings. The van der Waals surface area contributed by atoms with Gasteiger partial charge >= 0.3 is 6.18 Å². The van der Waals surface area contributed by atoms with Crippen molar-refractivity contribution < 1.29 is 35.9 Å². The van der Waals surface area contributed by atoms with E-state index in [0.717, 1.165) is 6.07 Å². The Bertz CT molecular complexity index is 1050. The van der Waals surface area contributed by atoms with Crippen molar-refractivity contribution in [2.75, 3.05) is 18.4 Å². The molecule has 1 aromatic carbocycles. The minimum absolute atomic E-state index is 0.0125. The van der Waals surface area contributed by atoms with Crippen molar-refractivity contribution in [1.29, 1.82) is 0 Å². The summed E-state index contributed by atoms with van der Waals surface area (Å²) < 4.78 is 72.5. The average Bonchev–Trinajstić information content (AvgIpc) is 3.09. The van der Waals surface area contributed by atoms with E-state index in [-0.39, 0.29) is 29.4 Å². The van der Waals surface area contributed by atoms with Gasteiger partial charge in [-0.1, -0.05) is 19.9 Å². The molecule has 1 amide bonds. The average molecular weight is 462 g/mol. The van der Waals surface area contributed by atoms with Crippen molar-refractivity contribution in [1.82, 2.24) is 4.31 Å². The number of sulfonamides is 1. The summed E-state index contributed by atoms with van der Waals surface area (Å²) in [7, 11) is -3.85. The van der Waals surface area contributed by atoms with Crippen molar-refractivity contribution in [3.8, 4) is 0 Å². The van der Waals surface area contributed by atoms with E-state index < -0.39 is 39.9 Å². The zero-order chi connectivity index (χ0) is 23.6. The van der Waals surface area contributed by atoms with Gasteiger partial charge in [-0.25, -0.2) is 8.42 Å². The number of carbonyl (C=O) groups excluding carboxylic acids is 1. The Morgan fingerprint density at radius 3 is 2.23 bits per heavy atom. The largest absolute Gasteiger partial charge is 0.463 e. The van der Waals surface area contributed by atoms with Crippen LogP contribution in [0.5, 0.6) is 0 Å². The number of nitrogens with zero attached hydrogens (tertiary/aromatic N) is 1. The number of carbonyl (C=O) groups is 1. The molecule has 0 saturated heterocycles. The molecule has 7 nitrogen and oxygen atoms in total. The lowest BCUT2D eigenvalue weighted by atomic mass is 9.95. The van der Waals surface area contributed by atoms with Crippen molar-refractivity contribution in [2.45, 2.75) is 50.8 Å². The molecule has 0 unspecified atom stereocenters. The number of hydrogen-bond acceptors (Lipinski definition) is 5. The third-order valence-corrected chi connectivity index (χ3v) is 7.02. The van der Waals surface area contributed by atoms with Gasteiger partial charge in [-0.2, -0.15) is 17.5 Å². The summed E-state index contributed by atoms with van der Waals surface area (Å²) in [5.74, 6) is -1.83. The number of nitrogens with one attached hydrogen (secondary N) is 1. The molecule has 2 aromatic rings. The summed E-state index contributed by atoms with van der Waals surface area (Å²) in [6.07, 6.45) is -6.55. The lowest BCUT2D eigenvalue weighted by Crippen LogP contribution is -2.44. The van der Waals surface area contributed by atoms with Crippen molar-refractivity contribution in [3.63, 3.8) is 0 Å². The molecule has 0 spiro atoms. The van der Waals surface area contributed by atoms with Crippen LogP contribution >= 0.6 is 0 Å². The molecule has 2 N–H and O–H groups in total. The van der Waals surface area contributed by atoms with Gasteiger partial charge in [-0.05, 0) is 43.7 Å². The van der Waals surface area contributed by atoms with Crippen LogP contribution in [0.2, 0.25) is 0 Å². The quantitative estimate of drug-likeness (QED) is 0.623. The van der Waals surface area contributed by atoms with Crippen LogP contribution in [0, 0.1) is 13.8 Å². The second kappa shape index (κ2) is 9.01. The van der Waals surface area contributed by atoms with E-state index in [1.54, 1.807) is 20.8 Å². The normalized spacial score (nSPS) is 14.5. The number of aliphatic hydroxyl groups is 1. The lowest BCUT2D eigenvalue weighted by molar-refractivity contribution is -0.272. The summed E-state index contributed by atoms with van der Waals surface area (Å²) >= 11 is 0. The molecule has 0 saturated carbocycles. The van der Waals surface area contributed by atoms with Crippen LogP contribution in [0.25, 0.3) is 0 Å². The van der Waals surface area contributed by atoms with E-state index in [4.69, 9.17) is 4.42 Å². The smallest absolute Gasteiger partial charge is 0.425 e. The predicted octanol–water partition coefficient (Wildman–Crippen LogP) is 3.71. The Morgan fingerprint density at radius 1 is 1.13 bits per heavy atom. The van der Waals surface area contributed by atoms with Gasteiger partial charge in [0.15, 0.2) is 0 Å². The molecule has 1 heterocycles. The van der Waals surface area contributed by atoms with Crippen LogP contribution in [0.15, 0.2) is 39.6 Å². The minimum atomic E-state index is -5.18. The van der Waals surface area contributed by atoms with Gasteiger partial charge in [0.05, 0.1) is 11.3 Å². The number of aryl methyl sites for hydroxylation is 2. The number of anilines is 1. The maximum Gasteiger partial charge on any atom is 0.425 e. The molecule has 1 aromatic heterocycles. The molecule has 0 aliphatic heterocycles. The summed E-state index contributed by atoms with van der Waals surface area (Å²) in [5, 5.41) is 12.5. The third-order valence-electron chi connectivity index (χ3n) is 4.83. The number of benzene rings is 1. The van der Waals surface area contributed by atoms with E-state index in [9.17, 15) is 31.5 Å². The summed E-state index contributed by atoms with van der Waals surface area (Å²) in [5.41, 5.74) is -3.13. The fraction of sp³-hybridized carbons (Fsp3) is 0.450. The van der Waals surface area contributed by atoms with E-state index in [1.807, 2.05) is 0 Å². The molecular weight excluding hydrogens is 437 g/mol. The van der Waals surface area contributed by atoms with Crippen LogP contribution in [0.1, 0.15) is 37.4 Å². The standard InChI is InChI=1S/C20H25F3N2O5S/c1-5-25(6-2)31(28,29)16-11-15(9-7-13(16)3)24-18(26)12-19(27,20(21,22)23)17-10-8-14(4)30-17/h7-11,27H,5-6,12H2,1-4H3,(H,24,26)/t19-/m1/s1. The van der Waals surface area contributed by atoms with Gasteiger partial charge in [0, 0.05) is 18.8 Å². The minimum Gasteiger partial charge on any atom is -0.463 e. The first-order valence-corrected chi connectivity index (χ1v) is 11.0. The van der Waals surface area contributed by atoms with Gasteiger partial charge in [-0.3, -0.25) is 4.79 Å². The number of halogens is 3. The van der Waals surface area contributed by atoms with Crippen LogP contribution < -0.4 is 5.32 Å². The number of hydrogen-bond donors (Lipinski definition) is 2. The Hall–Kier alpha value is -2.37. The highest BCUT2D eigenvalue weighted by molar-refractivity contribution is 7.89. The second-order valence-corrected chi connectivity index (χ2v) is 8.97. The number of rotatable bonds is 8. The monoisotopic (exact) mass is 462 g/mol. The lowest BCUT2D eigenvalue weighted by Gasteiger charge is -2.28. The Morgan fingerprint density at radius 2 is 1.74 bits per heavy atom. The highest BCUT2D eigenvalue weighted by atomic mass is 32.2. The van der Waals surface area contributed by atoms with Gasteiger partial charge in [0.1, 0.15) is 11.5 Å². The number of alkyl halides is 3. The molecule has 0 bridgehead atoms. The van der Waals surface area contributed by atoms with Gasteiger partial charge < -0.3 is 14.8 Å². The van der Waals surface area contributed by atoms with Crippen molar-refractivity contribution in [2.24, 2.45) is 0 Å². The highest BCUT2D eigenvalue weighted by Crippen LogP contribution is 2.42. The zero-order valence-electron chi connectivity index (χ0n) is 17.6. The third kappa shape index (κ3) is 5.10. The highest BCUT2D eigenvalue weighted by Gasteiger charge is 2.58. The molecule has 2 rings (SSSR count). The summed E-state index contributed by atoms with van der Waals surface area (Å²) in [6.45, 7) is 6.80. The first kappa shape index (κ1) is 24.9. The number of furan rings is 1. The predicted molar refractivity (Wildman–Crippen MR) is 108 cm³/mol. The fourth-order valence-corrected chi connectivity index (χ4v) is 4.79. The van der Waals surface area contributed by atoms with Crippen LogP contribution in [0.4, 0.5) is 18.9 Å². The molecule has 0 radical (unpaired) electrons. The van der Waals surface area contributed by atoms with Gasteiger partial charge in [0.2, 0.25) is 21.5 Å². The number of amides is 1. The molecule has 1 atom stereocenters. The van der Waals surface area contributed by atoms with E-state index >= 15 is 0 Å². The second-order valence-electron chi connectivity index (χ2n) is 7.06. The van der Waals surface area contributed by atoms with Crippen LogP contribution in [0.3, 0.4) is 0 Å². The molecule has 0 aliphatic carbocycles. The molecule has 11 heteroatoms. The van der Waals surface area contributed by atoms with E-state index in [1.165, 1.54) is 35.5 Å². The van der Waals surface area contributed by atoms with Crippen molar-refractivity contribution in [3.05, 3.63) is 47.4 Å². The van der Waals surface area contributed by atoms with Gasteiger partial charge in [0.25, 0.3) is 0 Å². The first-order chi connectivity index (χ1) is 14.3. The maximum absolute atomic E-state index is 13.6. The van der Waals surface area contributed by atoms with E-state index in [0.29, 0.717) is 5.56 Å².